The molecule has 124 valence electrons. The van der Waals surface area contributed by atoms with E-state index in [0.29, 0.717) is 22.5 Å². The summed E-state index contributed by atoms with van der Waals surface area (Å²) in [6, 6.07) is 9.00. The molecule has 0 aliphatic carbocycles. The van der Waals surface area contributed by atoms with E-state index in [-0.39, 0.29) is 5.69 Å². The minimum atomic E-state index is -1.09. The summed E-state index contributed by atoms with van der Waals surface area (Å²) in [6.07, 6.45) is 4.56. The minimum Gasteiger partial charge on any atom is -0.497 e. The van der Waals surface area contributed by atoms with Crippen LogP contribution in [0.2, 0.25) is 0 Å². The molecule has 0 atom stereocenters. The lowest BCUT2D eigenvalue weighted by atomic mass is 10.3. The Labute approximate surface area is 141 Å². The predicted molar refractivity (Wildman–Crippen MR) is 91.5 cm³/mol. The third-order valence-electron chi connectivity index (χ3n) is 3.80. The zero-order valence-corrected chi connectivity index (χ0v) is 13.2. The van der Waals surface area contributed by atoms with E-state index in [4.69, 9.17) is 4.74 Å². The van der Waals surface area contributed by atoms with E-state index < -0.39 is 5.97 Å². The molecular formula is C17H13N5O3. The molecule has 0 saturated carbocycles. The smallest absolute Gasteiger partial charge is 0.354 e. The van der Waals surface area contributed by atoms with Gasteiger partial charge in [-0.15, -0.1) is 0 Å². The lowest BCUT2D eigenvalue weighted by Crippen LogP contribution is -2.08. The molecule has 4 rings (SSSR count). The lowest BCUT2D eigenvalue weighted by molar-refractivity contribution is 0.0689. The van der Waals surface area contributed by atoms with E-state index in [1.807, 2.05) is 12.1 Å². The van der Waals surface area contributed by atoms with Gasteiger partial charge in [-0.1, -0.05) is 0 Å². The van der Waals surface area contributed by atoms with Crippen molar-refractivity contribution in [2.45, 2.75) is 0 Å². The molecule has 0 unspecified atom stereocenters. The Balaban J connectivity index is 1.92. The van der Waals surface area contributed by atoms with Crippen LogP contribution in [0.3, 0.4) is 0 Å². The highest BCUT2D eigenvalue weighted by molar-refractivity contribution is 5.95. The van der Waals surface area contributed by atoms with Crippen LogP contribution in [-0.2, 0) is 0 Å². The number of carbonyl (C=O) groups is 1. The van der Waals surface area contributed by atoms with Gasteiger partial charge < -0.3 is 15.2 Å². The van der Waals surface area contributed by atoms with Crippen LogP contribution in [0.15, 0.2) is 48.9 Å². The van der Waals surface area contributed by atoms with Crippen LogP contribution in [0.25, 0.3) is 16.6 Å². The SMILES string of the molecule is COc1ccc(Nc2nc3ccncc3c3ncc(C(=O)O)n23)cc1. The zero-order valence-electron chi connectivity index (χ0n) is 13.2. The predicted octanol–water partition coefficient (Wildman–Crippen LogP) is 2.73. The Hall–Kier alpha value is -3.68. The van der Waals surface area contributed by atoms with Crippen molar-refractivity contribution in [3.63, 3.8) is 0 Å². The second-order valence-corrected chi connectivity index (χ2v) is 5.29. The number of pyridine rings is 1. The second-order valence-electron chi connectivity index (χ2n) is 5.29. The van der Waals surface area contributed by atoms with Crippen molar-refractivity contribution in [3.8, 4) is 5.75 Å². The number of imidazole rings is 1. The van der Waals surface area contributed by atoms with Gasteiger partial charge in [-0.05, 0) is 30.3 Å². The summed E-state index contributed by atoms with van der Waals surface area (Å²) in [5, 5.41) is 13.3. The molecule has 8 heteroatoms. The van der Waals surface area contributed by atoms with Gasteiger partial charge in [-0.2, -0.15) is 0 Å². The number of aromatic nitrogens is 4. The fourth-order valence-corrected chi connectivity index (χ4v) is 2.62. The first-order valence-electron chi connectivity index (χ1n) is 7.43. The third-order valence-corrected chi connectivity index (χ3v) is 3.80. The molecule has 0 aliphatic rings. The molecule has 0 spiro atoms. The molecule has 0 saturated heterocycles. The number of methoxy groups -OCH3 is 1. The number of carboxylic acids is 1. The summed E-state index contributed by atoms with van der Waals surface area (Å²) >= 11 is 0. The number of benzene rings is 1. The van der Waals surface area contributed by atoms with Gasteiger partial charge in [-0.25, -0.2) is 14.8 Å². The third kappa shape index (κ3) is 2.49. The molecule has 0 radical (unpaired) electrons. The van der Waals surface area contributed by atoms with Crippen LogP contribution in [0.5, 0.6) is 5.75 Å². The molecule has 3 aromatic heterocycles. The standard InChI is InChI=1S/C17H13N5O3/c1-25-11-4-2-10(3-5-11)20-17-21-13-6-7-18-8-12(13)15-19-9-14(16(23)24)22(15)17/h2-9H,1H3,(H,20,21)(H,23,24). The lowest BCUT2D eigenvalue weighted by Gasteiger charge is -2.11. The molecule has 0 fully saturated rings. The highest BCUT2D eigenvalue weighted by Gasteiger charge is 2.17. The van der Waals surface area contributed by atoms with E-state index in [1.165, 1.54) is 10.6 Å². The topological polar surface area (TPSA) is 102 Å². The number of nitrogens with one attached hydrogen (secondary N) is 1. The maximum Gasteiger partial charge on any atom is 0.354 e. The van der Waals surface area contributed by atoms with Gasteiger partial charge in [0.05, 0.1) is 24.2 Å². The normalized spacial score (nSPS) is 10.9. The number of rotatable bonds is 4. The first-order chi connectivity index (χ1) is 12.2. The van der Waals surface area contributed by atoms with E-state index in [2.05, 4.69) is 20.3 Å². The highest BCUT2D eigenvalue weighted by Crippen LogP contribution is 2.25. The maximum absolute atomic E-state index is 11.6. The van der Waals surface area contributed by atoms with Crippen LogP contribution < -0.4 is 10.1 Å². The Bertz CT molecular complexity index is 1090. The van der Waals surface area contributed by atoms with Gasteiger partial charge in [0, 0.05) is 18.1 Å². The highest BCUT2D eigenvalue weighted by atomic mass is 16.5. The fourth-order valence-electron chi connectivity index (χ4n) is 2.62. The van der Waals surface area contributed by atoms with E-state index >= 15 is 0 Å². The second kappa shape index (κ2) is 5.75. The molecule has 0 bridgehead atoms. The number of aromatic carboxylic acids is 1. The Morgan fingerprint density at radius 2 is 2.00 bits per heavy atom. The van der Waals surface area contributed by atoms with Crippen molar-refractivity contribution in [1.29, 1.82) is 0 Å². The molecular weight excluding hydrogens is 322 g/mol. The van der Waals surface area contributed by atoms with Crippen LogP contribution >= 0.6 is 0 Å². The van der Waals surface area contributed by atoms with Crippen molar-refractivity contribution < 1.29 is 14.6 Å². The molecule has 25 heavy (non-hydrogen) atoms. The summed E-state index contributed by atoms with van der Waals surface area (Å²) in [4.78, 5) is 24.4. The van der Waals surface area contributed by atoms with Gasteiger partial charge in [-0.3, -0.25) is 9.38 Å². The van der Waals surface area contributed by atoms with Gasteiger partial charge in [0.15, 0.2) is 11.3 Å². The van der Waals surface area contributed by atoms with Crippen LogP contribution in [0, 0.1) is 0 Å². The van der Waals surface area contributed by atoms with Crippen LogP contribution in [0.1, 0.15) is 10.5 Å². The van der Waals surface area contributed by atoms with Gasteiger partial charge >= 0.3 is 5.97 Å². The number of hydrogen-bond acceptors (Lipinski definition) is 6. The fraction of sp³-hybridized carbons (Fsp3) is 0.0588. The number of nitrogens with zero attached hydrogens (tertiary/aromatic N) is 4. The Morgan fingerprint density at radius 1 is 1.20 bits per heavy atom. The van der Waals surface area contributed by atoms with Gasteiger partial charge in [0.25, 0.3) is 0 Å². The first-order valence-corrected chi connectivity index (χ1v) is 7.43. The summed E-state index contributed by atoms with van der Waals surface area (Å²) in [5.41, 5.74) is 1.91. The summed E-state index contributed by atoms with van der Waals surface area (Å²) in [7, 11) is 1.59. The Morgan fingerprint density at radius 3 is 2.72 bits per heavy atom. The maximum atomic E-state index is 11.6. The van der Waals surface area contributed by atoms with Crippen molar-refractivity contribution in [2.24, 2.45) is 0 Å². The molecule has 2 N–H and O–H groups in total. The van der Waals surface area contributed by atoms with Crippen molar-refractivity contribution >= 4 is 34.2 Å². The average molecular weight is 335 g/mol. The quantitative estimate of drug-likeness (QED) is 0.591. The van der Waals surface area contributed by atoms with Crippen LogP contribution in [0.4, 0.5) is 11.6 Å². The molecule has 0 aliphatic heterocycles. The number of carboxylic acid groups (broad SMARTS) is 1. The molecule has 3 heterocycles. The first kappa shape index (κ1) is 14.9. The number of fused-ring (bicyclic) bond motifs is 3. The van der Waals surface area contributed by atoms with E-state index in [0.717, 1.165) is 11.4 Å². The van der Waals surface area contributed by atoms with Crippen molar-refractivity contribution in [2.75, 3.05) is 12.4 Å². The van der Waals surface area contributed by atoms with E-state index in [1.54, 1.807) is 37.7 Å². The Kier molecular flexibility index (Phi) is 3.42. The number of hydrogen-bond donors (Lipinski definition) is 2. The van der Waals surface area contributed by atoms with Gasteiger partial charge in [0.2, 0.25) is 5.95 Å². The summed E-state index contributed by atoms with van der Waals surface area (Å²) in [6.45, 7) is 0. The zero-order chi connectivity index (χ0) is 17.4. The monoisotopic (exact) mass is 335 g/mol. The molecule has 8 nitrogen and oxygen atoms in total. The summed E-state index contributed by atoms with van der Waals surface area (Å²) in [5.74, 6) is -0.00816. The molecule has 0 amide bonds. The minimum absolute atomic E-state index is 0.0178. The largest absolute Gasteiger partial charge is 0.497 e. The molecule has 4 aromatic rings. The van der Waals surface area contributed by atoms with E-state index in [9.17, 15) is 9.90 Å². The average Bonchev–Trinajstić information content (AvgIpc) is 3.08. The van der Waals surface area contributed by atoms with Crippen molar-refractivity contribution in [3.05, 3.63) is 54.6 Å². The van der Waals surface area contributed by atoms with Crippen molar-refractivity contribution in [1.82, 2.24) is 19.4 Å². The number of anilines is 2. The number of ether oxygens (including phenoxy) is 1. The van der Waals surface area contributed by atoms with Gasteiger partial charge in [0.1, 0.15) is 5.75 Å². The summed E-state index contributed by atoms with van der Waals surface area (Å²) < 4.78 is 6.61. The molecule has 1 aromatic carbocycles. The van der Waals surface area contributed by atoms with Crippen LogP contribution in [-0.4, -0.2) is 37.5 Å².